The van der Waals surface area contributed by atoms with Crippen LogP contribution in [-0.2, 0) is 10.2 Å². The number of benzene rings is 3. The monoisotopic (exact) mass is 439 g/mol. The minimum Gasteiger partial charge on any atom is -0.323 e. The average Bonchev–Trinajstić information content (AvgIpc) is 3.23. The van der Waals surface area contributed by atoms with Crippen molar-refractivity contribution in [3.8, 4) is 16.9 Å². The van der Waals surface area contributed by atoms with E-state index < -0.39 is 0 Å². The molecule has 0 atom stereocenters. The van der Waals surface area contributed by atoms with Crippen LogP contribution in [0.3, 0.4) is 0 Å². The van der Waals surface area contributed by atoms with Gasteiger partial charge in [0.15, 0.2) is 0 Å². The predicted molar refractivity (Wildman–Crippen MR) is 132 cm³/mol. The summed E-state index contributed by atoms with van der Waals surface area (Å²) in [7, 11) is 0. The number of carbonyl (C=O) groups is 1. The Labute approximate surface area is 193 Å². The summed E-state index contributed by atoms with van der Waals surface area (Å²) in [4.78, 5) is 12.6. The van der Waals surface area contributed by atoms with Gasteiger partial charge >= 0.3 is 0 Å². The summed E-state index contributed by atoms with van der Waals surface area (Å²) in [5, 5.41) is 7.58. The number of hydrogen-bond donors (Lipinski definition) is 1. The first kappa shape index (κ1) is 22.2. The Hall–Kier alpha value is -3.99. The van der Waals surface area contributed by atoms with Crippen molar-refractivity contribution >= 4 is 17.7 Å². The average molecular weight is 440 g/mol. The molecule has 0 radical (unpaired) electrons. The molecule has 1 N–H and O–H groups in total. The van der Waals surface area contributed by atoms with E-state index in [4.69, 9.17) is 0 Å². The van der Waals surface area contributed by atoms with Gasteiger partial charge in [0.1, 0.15) is 5.82 Å². The fourth-order valence-electron chi connectivity index (χ4n) is 3.46. The highest BCUT2D eigenvalue weighted by Gasteiger charge is 2.14. The topological polar surface area (TPSA) is 46.9 Å². The molecule has 0 aliphatic carbocycles. The van der Waals surface area contributed by atoms with Gasteiger partial charge in [0.2, 0.25) is 5.91 Å². The lowest BCUT2D eigenvalue weighted by atomic mass is 9.87. The van der Waals surface area contributed by atoms with Crippen LogP contribution in [0.15, 0.2) is 91.1 Å². The van der Waals surface area contributed by atoms with Gasteiger partial charge in [-0.2, -0.15) is 5.10 Å². The normalized spacial score (nSPS) is 11.6. The number of aromatic nitrogens is 2. The van der Waals surface area contributed by atoms with Crippen molar-refractivity contribution in [3.63, 3.8) is 0 Å². The van der Waals surface area contributed by atoms with E-state index in [0.717, 1.165) is 22.5 Å². The van der Waals surface area contributed by atoms with Crippen LogP contribution in [0.5, 0.6) is 0 Å². The number of nitrogens with one attached hydrogen (secondary N) is 1. The highest BCUT2D eigenvalue weighted by Crippen LogP contribution is 2.26. The standard InChI is InChI=1S/C28H26FN3O/c1-28(2,3)22-12-16-24(17-13-22)30-26(33)18-11-21-19-32(25-7-5-4-6-8-25)31-27(21)20-9-14-23(29)15-10-20/h4-19H,1-3H3,(H,30,33)/b18-11+. The number of rotatable bonds is 5. The molecule has 0 bridgehead atoms. The minimum absolute atomic E-state index is 0.0537. The zero-order chi connectivity index (χ0) is 23.4. The van der Waals surface area contributed by atoms with E-state index in [1.54, 1.807) is 22.9 Å². The first-order valence-corrected chi connectivity index (χ1v) is 10.8. The van der Waals surface area contributed by atoms with Gasteiger partial charge in [-0.3, -0.25) is 4.79 Å². The predicted octanol–water partition coefficient (Wildman–Crippen LogP) is 6.63. The Bertz CT molecular complexity index is 1270. The van der Waals surface area contributed by atoms with Gasteiger partial charge in [0.05, 0.1) is 11.4 Å². The molecule has 0 unspecified atom stereocenters. The second-order valence-corrected chi connectivity index (χ2v) is 8.87. The highest BCUT2D eigenvalue weighted by molar-refractivity contribution is 6.02. The van der Waals surface area contributed by atoms with Crippen molar-refractivity contribution in [1.82, 2.24) is 9.78 Å². The molecular weight excluding hydrogens is 413 g/mol. The third-order valence-corrected chi connectivity index (χ3v) is 5.31. The van der Waals surface area contributed by atoms with Crippen molar-refractivity contribution in [2.45, 2.75) is 26.2 Å². The molecule has 166 valence electrons. The van der Waals surface area contributed by atoms with Crippen LogP contribution in [0.1, 0.15) is 31.9 Å². The molecule has 3 aromatic carbocycles. The van der Waals surface area contributed by atoms with Crippen molar-refractivity contribution in [2.24, 2.45) is 0 Å². The number of nitrogens with zero attached hydrogens (tertiary/aromatic N) is 2. The fourth-order valence-corrected chi connectivity index (χ4v) is 3.46. The van der Waals surface area contributed by atoms with E-state index in [-0.39, 0.29) is 17.1 Å². The number of amides is 1. The lowest BCUT2D eigenvalue weighted by Crippen LogP contribution is -2.12. The summed E-state index contributed by atoms with van der Waals surface area (Å²) in [6, 6.07) is 23.7. The summed E-state index contributed by atoms with van der Waals surface area (Å²) >= 11 is 0. The summed E-state index contributed by atoms with van der Waals surface area (Å²) in [6.45, 7) is 6.45. The summed E-state index contributed by atoms with van der Waals surface area (Å²) in [5.41, 5.74) is 5.07. The van der Waals surface area contributed by atoms with Crippen molar-refractivity contribution in [3.05, 3.63) is 108 Å². The summed E-state index contributed by atoms with van der Waals surface area (Å²) < 4.78 is 15.2. The van der Waals surface area contributed by atoms with Crippen LogP contribution < -0.4 is 5.32 Å². The van der Waals surface area contributed by atoms with E-state index in [9.17, 15) is 9.18 Å². The van der Waals surface area contributed by atoms with E-state index in [1.165, 1.54) is 23.8 Å². The lowest BCUT2D eigenvalue weighted by molar-refractivity contribution is -0.111. The van der Waals surface area contributed by atoms with Gasteiger partial charge in [-0.1, -0.05) is 51.1 Å². The molecule has 33 heavy (non-hydrogen) atoms. The zero-order valence-corrected chi connectivity index (χ0v) is 18.9. The van der Waals surface area contributed by atoms with E-state index in [1.807, 2.05) is 60.8 Å². The van der Waals surface area contributed by atoms with Crippen LogP contribution in [0.25, 0.3) is 23.0 Å². The second-order valence-electron chi connectivity index (χ2n) is 8.87. The maximum Gasteiger partial charge on any atom is 0.248 e. The lowest BCUT2D eigenvalue weighted by Gasteiger charge is -2.19. The van der Waals surface area contributed by atoms with E-state index >= 15 is 0 Å². The second kappa shape index (κ2) is 9.25. The number of para-hydroxylation sites is 1. The molecule has 4 rings (SSSR count). The Balaban J connectivity index is 1.58. The maximum absolute atomic E-state index is 13.4. The quantitative estimate of drug-likeness (QED) is 0.355. The molecule has 1 heterocycles. The minimum atomic E-state index is -0.310. The van der Waals surface area contributed by atoms with E-state index in [2.05, 4.69) is 31.2 Å². The van der Waals surface area contributed by atoms with Gasteiger partial charge in [-0.15, -0.1) is 0 Å². The molecule has 0 saturated carbocycles. The molecule has 0 aliphatic heterocycles. The molecular formula is C28H26FN3O. The van der Waals surface area contributed by atoms with Crippen LogP contribution in [0.2, 0.25) is 0 Å². The van der Waals surface area contributed by atoms with Gasteiger partial charge in [0, 0.05) is 29.1 Å². The Morgan fingerprint density at radius 3 is 2.24 bits per heavy atom. The fraction of sp³-hybridized carbons (Fsp3) is 0.143. The molecule has 1 aromatic heterocycles. The van der Waals surface area contributed by atoms with Gasteiger partial charge in [-0.25, -0.2) is 9.07 Å². The van der Waals surface area contributed by atoms with Crippen molar-refractivity contribution in [2.75, 3.05) is 5.32 Å². The molecule has 0 spiro atoms. The number of halogens is 1. The highest BCUT2D eigenvalue weighted by atomic mass is 19.1. The van der Waals surface area contributed by atoms with Gasteiger partial charge in [-0.05, 0) is 65.6 Å². The number of anilines is 1. The first-order valence-electron chi connectivity index (χ1n) is 10.8. The number of carbonyl (C=O) groups excluding carboxylic acids is 1. The summed E-state index contributed by atoms with van der Waals surface area (Å²) in [6.07, 6.45) is 5.07. The third kappa shape index (κ3) is 5.44. The van der Waals surface area contributed by atoms with Crippen LogP contribution in [-0.4, -0.2) is 15.7 Å². The third-order valence-electron chi connectivity index (χ3n) is 5.31. The maximum atomic E-state index is 13.4. The molecule has 1 amide bonds. The molecule has 5 heteroatoms. The van der Waals surface area contributed by atoms with Crippen molar-refractivity contribution in [1.29, 1.82) is 0 Å². The largest absolute Gasteiger partial charge is 0.323 e. The van der Waals surface area contributed by atoms with Crippen molar-refractivity contribution < 1.29 is 9.18 Å². The van der Waals surface area contributed by atoms with Gasteiger partial charge in [0.25, 0.3) is 0 Å². The molecule has 4 nitrogen and oxygen atoms in total. The Kier molecular flexibility index (Phi) is 6.22. The SMILES string of the molecule is CC(C)(C)c1ccc(NC(=O)/C=C/c2cn(-c3ccccc3)nc2-c2ccc(F)cc2)cc1. The summed E-state index contributed by atoms with van der Waals surface area (Å²) in [5.74, 6) is -0.550. The zero-order valence-electron chi connectivity index (χ0n) is 18.9. The molecule has 0 saturated heterocycles. The Morgan fingerprint density at radius 2 is 1.61 bits per heavy atom. The number of hydrogen-bond acceptors (Lipinski definition) is 2. The molecule has 4 aromatic rings. The van der Waals surface area contributed by atoms with Crippen LogP contribution >= 0.6 is 0 Å². The smallest absolute Gasteiger partial charge is 0.248 e. The van der Waals surface area contributed by atoms with Gasteiger partial charge < -0.3 is 5.32 Å². The van der Waals surface area contributed by atoms with Crippen LogP contribution in [0.4, 0.5) is 10.1 Å². The van der Waals surface area contributed by atoms with Crippen LogP contribution in [0, 0.1) is 5.82 Å². The Morgan fingerprint density at radius 1 is 0.939 bits per heavy atom. The molecule has 0 aliphatic rings. The first-order chi connectivity index (χ1) is 15.8. The van der Waals surface area contributed by atoms with E-state index in [0.29, 0.717) is 5.69 Å². The molecule has 0 fully saturated rings.